The molecule has 0 aliphatic rings. The minimum atomic E-state index is 0.569. The maximum atomic E-state index is 5.07. The van der Waals surface area contributed by atoms with Gasteiger partial charge in [0.1, 0.15) is 11.6 Å². The lowest BCUT2D eigenvalue weighted by molar-refractivity contribution is 1.05. The number of fused-ring (bicyclic) bond motifs is 20. The topological polar surface area (TPSA) is 179 Å². The Balaban J connectivity index is 0.000000108. The highest BCUT2D eigenvalue weighted by atomic mass is 15.1. The summed E-state index contributed by atoms with van der Waals surface area (Å²) < 4.78 is 11.6. The molecular formula is C132H83N17. The van der Waals surface area contributed by atoms with Gasteiger partial charge in [0.2, 0.25) is 0 Å². The fraction of sp³-hybridized carbons (Fsp3) is 0. The molecule has 0 unspecified atom stereocenters. The molecule has 149 heavy (non-hydrogen) atoms. The van der Waals surface area contributed by atoms with E-state index in [4.69, 9.17) is 59.8 Å². The van der Waals surface area contributed by atoms with Gasteiger partial charge in [-0.05, 0) is 154 Å². The number of hydrogen-bond acceptors (Lipinski definition) is 12. The van der Waals surface area contributed by atoms with E-state index in [9.17, 15) is 0 Å². The first-order chi connectivity index (χ1) is 73.9. The number of para-hydroxylation sites is 6. The molecule has 11 heterocycles. The Morgan fingerprint density at radius 1 is 0.134 bits per heavy atom. The zero-order valence-corrected chi connectivity index (χ0v) is 80.0. The van der Waals surface area contributed by atoms with Crippen molar-refractivity contribution in [3.8, 4) is 131 Å². The average Bonchev–Trinajstić information content (AvgIpc) is 1.57. The summed E-state index contributed by atoms with van der Waals surface area (Å²) in [6, 6.07) is 166. The summed E-state index contributed by atoms with van der Waals surface area (Å²) in [4.78, 5) is 59.3. The summed E-state index contributed by atoms with van der Waals surface area (Å²) in [5, 5.41) is 19.3. The predicted octanol–water partition coefficient (Wildman–Crippen LogP) is 31.7. The fourth-order valence-electron chi connectivity index (χ4n) is 21.4. The highest BCUT2D eigenvalue weighted by Gasteiger charge is 2.27. The summed E-state index contributed by atoms with van der Waals surface area (Å²) in [5.74, 6) is 7.11. The Kier molecular flexibility index (Phi) is 21.1. The Morgan fingerprint density at radius 3 is 0.779 bits per heavy atom. The van der Waals surface area contributed by atoms with E-state index < -0.39 is 0 Å². The first-order valence-corrected chi connectivity index (χ1v) is 49.7. The van der Waals surface area contributed by atoms with Gasteiger partial charge in [0.25, 0.3) is 0 Å². The highest BCUT2D eigenvalue weighted by molar-refractivity contribution is 6.29. The standard InChI is InChI=1S/2C44H28N6.C44H27N5/c1-4-14-29(15-5-1)42-46-43(30-16-6-2-7-17-30)48-44(47-42)31-24-33(28-45-27-31)50-39-23-13-11-21-35(39)37-25-36-34-20-10-12-22-38(34)49(40(36)26-41(37)50)32-18-8-3-9-19-32;1-4-14-29(15-5-1)42-46-43(30-16-6-2-7-17-30)48-44(47-42)31-24-25-41(45-28-31)50-38-23-13-11-21-34(38)36-26-35-33-20-10-12-22-37(33)49(39(35)27-40(36)50)32-18-8-3-9-19-32;1-2-13-31(14-3-1)42-46-43(33-19-18-28-10-4-5-15-32(28)26-33)48-44(47-42)34-22-25-39(45-27-34)49-37-23-20-29-11-6-8-16-35(29)40(37)41-36-17-9-7-12-30(36)21-24-38(41)49/h2*1-28H;1-27H. The molecule has 17 heteroatoms. The van der Waals surface area contributed by atoms with E-state index in [1.165, 1.54) is 91.8 Å². The third-order valence-corrected chi connectivity index (χ3v) is 28.3. The van der Waals surface area contributed by atoms with E-state index in [2.05, 4.69) is 350 Å². The predicted molar refractivity (Wildman–Crippen MR) is 606 cm³/mol. The van der Waals surface area contributed by atoms with Gasteiger partial charge in [0.05, 0.1) is 67.1 Å². The number of hydrogen-bond donors (Lipinski definition) is 0. The smallest absolute Gasteiger partial charge is 0.165 e. The molecule has 17 nitrogen and oxygen atoms in total. The average molecular weight is 1910 g/mol. The van der Waals surface area contributed by atoms with Crippen molar-refractivity contribution in [2.45, 2.75) is 0 Å². The first-order valence-electron chi connectivity index (χ1n) is 49.7. The number of nitrogens with zero attached hydrogens (tertiary/aromatic N) is 17. The zero-order valence-electron chi connectivity index (χ0n) is 80.0. The van der Waals surface area contributed by atoms with Crippen molar-refractivity contribution >= 4 is 141 Å². The minimum absolute atomic E-state index is 0.569. The van der Waals surface area contributed by atoms with Crippen LogP contribution in [0.15, 0.2) is 504 Å². The molecule has 0 aliphatic carbocycles. The molecule has 0 spiro atoms. The first kappa shape index (κ1) is 86.3. The molecular weight excluding hydrogens is 1820 g/mol. The summed E-state index contributed by atoms with van der Waals surface area (Å²) in [5.41, 5.74) is 22.5. The lowest BCUT2D eigenvalue weighted by Crippen LogP contribution is -2.01. The van der Waals surface area contributed by atoms with Gasteiger partial charge in [-0.15, -0.1) is 0 Å². The number of benzene rings is 19. The molecule has 0 N–H and O–H groups in total. The SMILES string of the molecule is c1ccc(-c2nc(-c3ccc(-n4c5ccc6ccccc6c5c5c6ccccc6ccc54)nc3)nc(-c3ccc4ccccc4c3)n2)cc1.c1ccc(-c2nc(-c3ccccc3)nc(-c3ccc(-n4c5ccccc5c5cc6c7ccccc7n(-c7ccccc7)c6cc54)nc3)n2)cc1.c1ccc(-c2nc(-c3ccccc3)nc(-c3cncc(-n4c5ccccc5c5cc6c7ccccc7n(-c7ccccc7)c6cc54)c3)n2)cc1. The van der Waals surface area contributed by atoms with Gasteiger partial charge in [-0.25, -0.2) is 54.8 Å². The molecule has 0 saturated carbocycles. The van der Waals surface area contributed by atoms with Crippen LogP contribution in [-0.4, -0.2) is 82.6 Å². The fourth-order valence-corrected chi connectivity index (χ4v) is 21.4. The number of rotatable bonds is 14. The maximum absolute atomic E-state index is 5.07. The molecule has 696 valence electrons. The Morgan fingerprint density at radius 2 is 0.409 bits per heavy atom. The summed E-state index contributed by atoms with van der Waals surface area (Å²) in [6.07, 6.45) is 7.50. The van der Waals surface area contributed by atoms with E-state index >= 15 is 0 Å². The number of aromatic nitrogens is 17. The van der Waals surface area contributed by atoms with Gasteiger partial charge in [0.15, 0.2) is 52.4 Å². The third-order valence-electron chi connectivity index (χ3n) is 28.3. The van der Waals surface area contributed by atoms with Gasteiger partial charge in [-0.3, -0.25) is 14.1 Å². The van der Waals surface area contributed by atoms with Crippen LogP contribution in [0.25, 0.3) is 273 Å². The molecule has 0 radical (unpaired) electrons. The van der Waals surface area contributed by atoms with Crippen molar-refractivity contribution in [2.24, 2.45) is 0 Å². The van der Waals surface area contributed by atoms with E-state index in [-0.39, 0.29) is 0 Å². The molecule has 0 saturated heterocycles. The van der Waals surface area contributed by atoms with Gasteiger partial charge in [0, 0.05) is 134 Å². The Labute approximate surface area is 853 Å². The van der Waals surface area contributed by atoms with Gasteiger partial charge >= 0.3 is 0 Å². The van der Waals surface area contributed by atoms with Crippen LogP contribution >= 0.6 is 0 Å². The monoisotopic (exact) mass is 1910 g/mol. The lowest BCUT2D eigenvalue weighted by atomic mass is 10.00. The van der Waals surface area contributed by atoms with Crippen molar-refractivity contribution in [1.29, 1.82) is 0 Å². The highest BCUT2D eigenvalue weighted by Crippen LogP contribution is 2.46. The normalized spacial score (nSPS) is 11.6. The van der Waals surface area contributed by atoms with Crippen LogP contribution in [0.4, 0.5) is 0 Å². The molecule has 0 bridgehead atoms. The van der Waals surface area contributed by atoms with Crippen molar-refractivity contribution in [1.82, 2.24) is 82.6 Å². The second-order valence-corrected chi connectivity index (χ2v) is 37.1. The van der Waals surface area contributed by atoms with E-state index in [0.29, 0.717) is 52.4 Å². The van der Waals surface area contributed by atoms with Crippen molar-refractivity contribution in [3.05, 3.63) is 504 Å². The zero-order chi connectivity index (χ0) is 98.4. The maximum Gasteiger partial charge on any atom is 0.165 e. The quantitative estimate of drug-likeness (QED) is 0.101. The van der Waals surface area contributed by atoms with E-state index in [0.717, 1.165) is 128 Å². The molecule has 0 aliphatic heterocycles. The summed E-state index contributed by atoms with van der Waals surface area (Å²) in [6.45, 7) is 0. The van der Waals surface area contributed by atoms with Gasteiger partial charge in [-0.1, -0.05) is 358 Å². The third kappa shape index (κ3) is 15.3. The Bertz CT molecular complexity index is 10300. The second-order valence-electron chi connectivity index (χ2n) is 37.1. The number of pyridine rings is 3. The molecule has 30 rings (SSSR count). The summed E-state index contributed by atoms with van der Waals surface area (Å²) >= 11 is 0. The van der Waals surface area contributed by atoms with Crippen LogP contribution in [0.1, 0.15) is 0 Å². The van der Waals surface area contributed by atoms with Crippen molar-refractivity contribution in [3.63, 3.8) is 0 Å². The molecule has 0 fully saturated rings. The largest absolute Gasteiger partial charge is 0.309 e. The van der Waals surface area contributed by atoms with E-state index in [1.807, 2.05) is 176 Å². The lowest BCUT2D eigenvalue weighted by Gasteiger charge is -2.12. The van der Waals surface area contributed by atoms with Crippen LogP contribution in [0, 0.1) is 0 Å². The van der Waals surface area contributed by atoms with Crippen LogP contribution in [0.5, 0.6) is 0 Å². The van der Waals surface area contributed by atoms with Gasteiger partial charge < -0.3 is 13.7 Å². The molecule has 30 aromatic rings. The van der Waals surface area contributed by atoms with Crippen LogP contribution < -0.4 is 0 Å². The van der Waals surface area contributed by atoms with Crippen LogP contribution in [-0.2, 0) is 0 Å². The molecule has 0 atom stereocenters. The minimum Gasteiger partial charge on any atom is -0.309 e. The van der Waals surface area contributed by atoms with E-state index in [1.54, 1.807) is 0 Å². The van der Waals surface area contributed by atoms with Crippen LogP contribution in [0.2, 0.25) is 0 Å². The van der Waals surface area contributed by atoms with Gasteiger partial charge in [-0.2, -0.15) is 0 Å². The second kappa shape index (κ2) is 36.4. The Hall–Kier alpha value is -20.6. The summed E-state index contributed by atoms with van der Waals surface area (Å²) in [7, 11) is 0. The van der Waals surface area contributed by atoms with Crippen LogP contribution in [0.3, 0.4) is 0 Å². The molecule has 0 amide bonds. The molecule has 11 aromatic heterocycles. The molecule has 19 aromatic carbocycles. The van der Waals surface area contributed by atoms with Crippen molar-refractivity contribution < 1.29 is 0 Å². The van der Waals surface area contributed by atoms with Crippen molar-refractivity contribution in [2.75, 3.05) is 0 Å².